The van der Waals surface area contributed by atoms with Gasteiger partial charge in [0.2, 0.25) is 5.91 Å². The van der Waals surface area contributed by atoms with Gasteiger partial charge in [0.05, 0.1) is 16.0 Å². The molecule has 0 aliphatic heterocycles. The third kappa shape index (κ3) is 4.90. The van der Waals surface area contributed by atoms with Gasteiger partial charge in [-0.15, -0.1) is 0 Å². The number of anilines is 1. The summed E-state index contributed by atoms with van der Waals surface area (Å²) in [5.41, 5.74) is 4.78. The molecule has 1 heterocycles. The summed E-state index contributed by atoms with van der Waals surface area (Å²) in [4.78, 5) is 27.3. The van der Waals surface area contributed by atoms with E-state index in [2.05, 4.69) is 15.6 Å². The van der Waals surface area contributed by atoms with Crippen molar-refractivity contribution in [3.8, 4) is 0 Å². The summed E-state index contributed by atoms with van der Waals surface area (Å²) in [6.07, 6.45) is 2.39. The van der Waals surface area contributed by atoms with Crippen molar-refractivity contribution in [3.05, 3.63) is 22.8 Å². The molecule has 21 heavy (non-hydrogen) atoms. The zero-order valence-electron chi connectivity index (χ0n) is 12.5. The number of nitrogens with two attached hydrogens (primary N) is 1. The van der Waals surface area contributed by atoms with Crippen LogP contribution in [0.25, 0.3) is 0 Å². The zero-order valence-corrected chi connectivity index (χ0v) is 13.3. The standard InChI is InChI=1S/C14H21ClN4O2/c1-4-5-17-11-10(15)6-9(7-18-11)12(20)19-8-14(2,3)13(16)21/h6-7H,4-5,8H2,1-3H3,(H2,16,21)(H,17,18)(H,19,20). The summed E-state index contributed by atoms with van der Waals surface area (Å²) in [6, 6.07) is 1.54. The SMILES string of the molecule is CCCNc1ncc(C(=O)NCC(C)(C)C(N)=O)cc1Cl. The van der Waals surface area contributed by atoms with Crippen molar-refractivity contribution in [1.82, 2.24) is 10.3 Å². The summed E-state index contributed by atoms with van der Waals surface area (Å²) in [7, 11) is 0. The fraction of sp³-hybridized carbons (Fsp3) is 0.500. The fourth-order valence-corrected chi connectivity index (χ4v) is 1.66. The number of aromatic nitrogens is 1. The Bertz CT molecular complexity index is 532. The first-order valence-corrected chi connectivity index (χ1v) is 7.13. The highest BCUT2D eigenvalue weighted by atomic mass is 35.5. The summed E-state index contributed by atoms with van der Waals surface area (Å²) in [6.45, 7) is 6.26. The second-order valence-electron chi connectivity index (χ2n) is 5.41. The second kappa shape index (κ2) is 7.26. The largest absolute Gasteiger partial charge is 0.369 e. The van der Waals surface area contributed by atoms with Gasteiger partial charge in [-0.2, -0.15) is 0 Å². The van der Waals surface area contributed by atoms with Gasteiger partial charge in [0, 0.05) is 19.3 Å². The van der Waals surface area contributed by atoms with Crippen molar-refractivity contribution in [2.45, 2.75) is 27.2 Å². The Hall–Kier alpha value is -1.82. The van der Waals surface area contributed by atoms with Crippen molar-refractivity contribution in [2.24, 2.45) is 11.1 Å². The number of carbonyl (C=O) groups excluding carboxylic acids is 2. The average Bonchev–Trinajstić information content (AvgIpc) is 2.43. The van der Waals surface area contributed by atoms with Gasteiger partial charge in [0.15, 0.2) is 0 Å². The maximum atomic E-state index is 12.0. The molecule has 7 heteroatoms. The molecule has 4 N–H and O–H groups in total. The van der Waals surface area contributed by atoms with Gasteiger partial charge >= 0.3 is 0 Å². The molecule has 1 rings (SSSR count). The number of nitrogens with one attached hydrogen (secondary N) is 2. The molecule has 1 aromatic heterocycles. The third-order valence-corrected chi connectivity index (χ3v) is 3.29. The van der Waals surface area contributed by atoms with Crippen molar-refractivity contribution in [2.75, 3.05) is 18.4 Å². The van der Waals surface area contributed by atoms with E-state index >= 15 is 0 Å². The van der Waals surface area contributed by atoms with Gasteiger partial charge in [-0.05, 0) is 26.3 Å². The van der Waals surface area contributed by atoms with E-state index in [1.165, 1.54) is 6.20 Å². The van der Waals surface area contributed by atoms with Crippen LogP contribution in [0.5, 0.6) is 0 Å². The molecule has 0 aliphatic rings. The van der Waals surface area contributed by atoms with Gasteiger partial charge in [-0.3, -0.25) is 9.59 Å². The van der Waals surface area contributed by atoms with Gasteiger partial charge in [0.25, 0.3) is 5.91 Å². The molecule has 0 aromatic carbocycles. The molecule has 0 saturated carbocycles. The minimum absolute atomic E-state index is 0.147. The van der Waals surface area contributed by atoms with E-state index in [0.717, 1.165) is 13.0 Å². The number of rotatable bonds is 7. The fourth-order valence-electron chi connectivity index (χ4n) is 1.43. The maximum absolute atomic E-state index is 12.0. The van der Waals surface area contributed by atoms with Crippen LogP contribution in [0, 0.1) is 5.41 Å². The lowest BCUT2D eigenvalue weighted by Gasteiger charge is -2.20. The van der Waals surface area contributed by atoms with Crippen LogP contribution < -0.4 is 16.4 Å². The zero-order chi connectivity index (χ0) is 16.0. The number of primary amides is 1. The first-order chi connectivity index (χ1) is 9.77. The number of nitrogens with zero attached hydrogens (tertiary/aromatic N) is 1. The summed E-state index contributed by atoms with van der Waals surface area (Å²) >= 11 is 6.07. The van der Waals surface area contributed by atoms with Crippen molar-refractivity contribution in [3.63, 3.8) is 0 Å². The van der Waals surface area contributed by atoms with Crippen LogP contribution in [0.3, 0.4) is 0 Å². The molecular weight excluding hydrogens is 292 g/mol. The van der Waals surface area contributed by atoms with E-state index in [1.54, 1.807) is 19.9 Å². The summed E-state index contributed by atoms with van der Waals surface area (Å²) < 4.78 is 0. The molecule has 0 spiro atoms. The first-order valence-electron chi connectivity index (χ1n) is 6.75. The van der Waals surface area contributed by atoms with Gasteiger partial charge in [-0.25, -0.2) is 4.98 Å². The molecule has 0 radical (unpaired) electrons. The quantitative estimate of drug-likeness (QED) is 0.715. The smallest absolute Gasteiger partial charge is 0.252 e. The summed E-state index contributed by atoms with van der Waals surface area (Å²) in [5.74, 6) is -0.272. The minimum Gasteiger partial charge on any atom is -0.369 e. The van der Waals surface area contributed by atoms with Crippen LogP contribution in [0.15, 0.2) is 12.3 Å². The van der Waals surface area contributed by atoms with Crippen LogP contribution in [0.2, 0.25) is 5.02 Å². The van der Waals surface area contributed by atoms with Crippen molar-refractivity contribution in [1.29, 1.82) is 0 Å². The predicted octanol–water partition coefficient (Wildman–Crippen LogP) is 1.80. The van der Waals surface area contributed by atoms with E-state index in [4.69, 9.17) is 17.3 Å². The predicted molar refractivity (Wildman–Crippen MR) is 83.3 cm³/mol. The Morgan fingerprint density at radius 1 is 1.43 bits per heavy atom. The monoisotopic (exact) mass is 312 g/mol. The van der Waals surface area contributed by atoms with E-state index in [0.29, 0.717) is 16.4 Å². The maximum Gasteiger partial charge on any atom is 0.252 e. The average molecular weight is 313 g/mol. The highest BCUT2D eigenvalue weighted by Gasteiger charge is 2.25. The van der Waals surface area contributed by atoms with E-state index < -0.39 is 11.3 Å². The Balaban J connectivity index is 2.71. The molecule has 0 aliphatic carbocycles. The lowest BCUT2D eigenvalue weighted by molar-refractivity contribution is -0.125. The first kappa shape index (κ1) is 17.2. The molecule has 0 atom stereocenters. The minimum atomic E-state index is -0.810. The number of carbonyl (C=O) groups is 2. The van der Waals surface area contributed by atoms with Crippen LogP contribution in [0.4, 0.5) is 5.82 Å². The molecule has 0 fully saturated rings. The lowest BCUT2D eigenvalue weighted by atomic mass is 9.93. The second-order valence-corrected chi connectivity index (χ2v) is 5.82. The van der Waals surface area contributed by atoms with Gasteiger partial charge in [-0.1, -0.05) is 18.5 Å². The lowest BCUT2D eigenvalue weighted by Crippen LogP contribution is -2.42. The molecular formula is C14H21ClN4O2. The topological polar surface area (TPSA) is 97.1 Å². The molecule has 2 amide bonds. The Morgan fingerprint density at radius 3 is 2.62 bits per heavy atom. The van der Waals surface area contributed by atoms with Crippen LogP contribution >= 0.6 is 11.6 Å². The number of hydrogen-bond donors (Lipinski definition) is 3. The molecule has 6 nitrogen and oxygen atoms in total. The molecule has 1 aromatic rings. The number of amides is 2. The Labute approximate surface area is 129 Å². The Kier molecular flexibility index (Phi) is 5.96. The van der Waals surface area contributed by atoms with Crippen LogP contribution in [-0.4, -0.2) is 29.9 Å². The molecule has 0 bridgehead atoms. The number of hydrogen-bond acceptors (Lipinski definition) is 4. The normalized spacial score (nSPS) is 11.0. The molecule has 116 valence electrons. The molecule has 0 unspecified atom stereocenters. The van der Waals surface area contributed by atoms with Crippen molar-refractivity contribution < 1.29 is 9.59 Å². The van der Waals surface area contributed by atoms with Gasteiger partial charge < -0.3 is 16.4 Å². The molecule has 0 saturated heterocycles. The number of pyridine rings is 1. The highest BCUT2D eigenvalue weighted by Crippen LogP contribution is 2.20. The van der Waals surface area contributed by atoms with Crippen LogP contribution in [0.1, 0.15) is 37.6 Å². The van der Waals surface area contributed by atoms with E-state index in [1.807, 2.05) is 6.92 Å². The summed E-state index contributed by atoms with van der Waals surface area (Å²) in [5, 5.41) is 6.10. The number of halogens is 1. The Morgan fingerprint density at radius 2 is 2.10 bits per heavy atom. The third-order valence-electron chi connectivity index (χ3n) is 3.00. The van der Waals surface area contributed by atoms with Crippen LogP contribution in [-0.2, 0) is 4.79 Å². The van der Waals surface area contributed by atoms with Crippen molar-refractivity contribution >= 4 is 29.2 Å². The van der Waals surface area contributed by atoms with E-state index in [9.17, 15) is 9.59 Å². The van der Waals surface area contributed by atoms with E-state index in [-0.39, 0.29) is 12.5 Å². The van der Waals surface area contributed by atoms with Gasteiger partial charge in [0.1, 0.15) is 5.82 Å². The highest BCUT2D eigenvalue weighted by molar-refractivity contribution is 6.33.